The number of nitrogens with zero attached hydrogens (tertiary/aromatic N) is 1. The Balaban J connectivity index is 2.92. The van der Waals surface area contributed by atoms with Gasteiger partial charge in [0.05, 0.1) is 19.8 Å². The predicted molar refractivity (Wildman–Crippen MR) is 79.6 cm³/mol. The second kappa shape index (κ2) is 8.60. The quantitative estimate of drug-likeness (QED) is 0.768. The molecule has 0 spiro atoms. The van der Waals surface area contributed by atoms with Crippen LogP contribution >= 0.6 is 0 Å². The van der Waals surface area contributed by atoms with Crippen LogP contribution in [0.25, 0.3) is 0 Å². The predicted octanol–water partition coefficient (Wildman–Crippen LogP) is 1.24. The van der Waals surface area contributed by atoms with E-state index in [0.29, 0.717) is 19.5 Å². The van der Waals surface area contributed by atoms with Crippen LogP contribution < -0.4 is 4.74 Å². The average Bonchev–Trinajstić information content (AvgIpc) is 2.39. The highest BCUT2D eigenvalue weighted by Gasteiger charge is 2.08. The van der Waals surface area contributed by atoms with E-state index in [2.05, 4.69) is 11.8 Å². The van der Waals surface area contributed by atoms with Crippen LogP contribution in [0.3, 0.4) is 0 Å². The minimum atomic E-state index is -0.366. The van der Waals surface area contributed by atoms with E-state index in [1.54, 1.807) is 14.0 Å². The third kappa shape index (κ3) is 5.62. The Morgan fingerprint density at radius 3 is 2.75 bits per heavy atom. The molecular weight excluding hydrogens is 254 g/mol. The molecule has 0 aromatic heterocycles. The van der Waals surface area contributed by atoms with E-state index in [0.717, 1.165) is 16.9 Å². The van der Waals surface area contributed by atoms with Crippen molar-refractivity contribution in [3.8, 4) is 17.6 Å². The summed E-state index contributed by atoms with van der Waals surface area (Å²) in [5, 5.41) is 18.2. The number of rotatable bonds is 6. The van der Waals surface area contributed by atoms with Crippen molar-refractivity contribution < 1.29 is 14.9 Å². The number of ether oxygens (including phenoxy) is 1. The molecule has 0 aliphatic carbocycles. The number of hydrogen-bond donors (Lipinski definition) is 2. The summed E-state index contributed by atoms with van der Waals surface area (Å²) in [5.74, 6) is 6.79. The van der Waals surface area contributed by atoms with Crippen LogP contribution in [0.4, 0.5) is 0 Å². The first-order valence-electron chi connectivity index (χ1n) is 6.70. The highest BCUT2D eigenvalue weighted by molar-refractivity contribution is 5.45. The van der Waals surface area contributed by atoms with Gasteiger partial charge in [-0.3, -0.25) is 4.90 Å². The van der Waals surface area contributed by atoms with E-state index in [-0.39, 0.29) is 12.7 Å². The van der Waals surface area contributed by atoms with Gasteiger partial charge < -0.3 is 14.9 Å². The first-order valence-corrected chi connectivity index (χ1v) is 6.70. The summed E-state index contributed by atoms with van der Waals surface area (Å²) in [4.78, 5) is 2.04. The SMILES string of the molecule is COc1ccc(C#CCCO)c(CN(C)CC(C)O)c1. The van der Waals surface area contributed by atoms with Crippen molar-refractivity contribution in [3.63, 3.8) is 0 Å². The molecule has 0 fully saturated rings. The highest BCUT2D eigenvalue weighted by Crippen LogP contribution is 2.18. The van der Waals surface area contributed by atoms with Crippen molar-refractivity contribution in [1.82, 2.24) is 4.90 Å². The molecule has 0 amide bonds. The third-order valence-corrected chi connectivity index (χ3v) is 2.79. The second-order valence-electron chi connectivity index (χ2n) is 4.84. The fourth-order valence-corrected chi connectivity index (χ4v) is 1.97. The van der Waals surface area contributed by atoms with Gasteiger partial charge >= 0.3 is 0 Å². The standard InChI is InChI=1S/C16H23NO3/c1-13(19)11-17(2)12-15-10-16(20-3)8-7-14(15)6-4-5-9-18/h7-8,10,13,18-19H,5,9,11-12H2,1-3H3. The zero-order valence-corrected chi connectivity index (χ0v) is 12.4. The van der Waals surface area contributed by atoms with Crippen LogP contribution in [0.5, 0.6) is 5.75 Å². The maximum absolute atomic E-state index is 9.42. The Hall–Kier alpha value is -1.54. The van der Waals surface area contributed by atoms with E-state index < -0.39 is 0 Å². The van der Waals surface area contributed by atoms with Crippen LogP contribution in [0.2, 0.25) is 0 Å². The number of aliphatic hydroxyl groups is 2. The number of hydrogen-bond acceptors (Lipinski definition) is 4. The average molecular weight is 277 g/mol. The topological polar surface area (TPSA) is 52.9 Å². The fraction of sp³-hybridized carbons (Fsp3) is 0.500. The van der Waals surface area contributed by atoms with Crippen molar-refractivity contribution in [2.45, 2.75) is 26.0 Å². The van der Waals surface area contributed by atoms with E-state index >= 15 is 0 Å². The molecule has 0 saturated heterocycles. The van der Waals surface area contributed by atoms with Gasteiger partial charge in [0.15, 0.2) is 0 Å². The Labute approximate surface area is 121 Å². The molecule has 0 aliphatic heterocycles. The van der Waals surface area contributed by atoms with Gasteiger partial charge in [-0.25, -0.2) is 0 Å². The Morgan fingerprint density at radius 2 is 2.15 bits per heavy atom. The summed E-state index contributed by atoms with van der Waals surface area (Å²) < 4.78 is 5.24. The summed E-state index contributed by atoms with van der Waals surface area (Å²) in [6.07, 6.45) is 0.101. The number of methoxy groups -OCH3 is 1. The van der Waals surface area contributed by atoms with Gasteiger partial charge in [-0.1, -0.05) is 11.8 Å². The lowest BCUT2D eigenvalue weighted by Gasteiger charge is -2.19. The molecule has 1 aromatic carbocycles. The minimum absolute atomic E-state index is 0.0699. The molecule has 4 heteroatoms. The molecule has 4 nitrogen and oxygen atoms in total. The minimum Gasteiger partial charge on any atom is -0.497 e. The molecule has 0 saturated carbocycles. The normalized spacial score (nSPS) is 11.9. The zero-order valence-electron chi connectivity index (χ0n) is 12.4. The molecule has 110 valence electrons. The molecular formula is C16H23NO3. The fourth-order valence-electron chi connectivity index (χ4n) is 1.97. The lowest BCUT2D eigenvalue weighted by atomic mass is 10.1. The van der Waals surface area contributed by atoms with Gasteiger partial charge in [0.2, 0.25) is 0 Å². The van der Waals surface area contributed by atoms with Crippen molar-refractivity contribution in [3.05, 3.63) is 29.3 Å². The molecule has 0 radical (unpaired) electrons. The van der Waals surface area contributed by atoms with Crippen LogP contribution in [0.1, 0.15) is 24.5 Å². The largest absolute Gasteiger partial charge is 0.497 e. The van der Waals surface area contributed by atoms with Gasteiger partial charge in [-0.2, -0.15) is 0 Å². The Morgan fingerprint density at radius 1 is 1.40 bits per heavy atom. The van der Waals surface area contributed by atoms with Crippen molar-refractivity contribution in [2.24, 2.45) is 0 Å². The maximum atomic E-state index is 9.42. The highest BCUT2D eigenvalue weighted by atomic mass is 16.5. The lowest BCUT2D eigenvalue weighted by molar-refractivity contribution is 0.138. The van der Waals surface area contributed by atoms with Crippen LogP contribution in [0.15, 0.2) is 18.2 Å². The van der Waals surface area contributed by atoms with Crippen LogP contribution in [-0.4, -0.2) is 48.5 Å². The van der Waals surface area contributed by atoms with E-state index in [9.17, 15) is 5.11 Å². The third-order valence-electron chi connectivity index (χ3n) is 2.79. The number of likely N-dealkylation sites (N-methyl/N-ethyl adjacent to an activating group) is 1. The van der Waals surface area contributed by atoms with Gasteiger partial charge in [0.25, 0.3) is 0 Å². The summed E-state index contributed by atoms with van der Waals surface area (Å²) in [5.41, 5.74) is 1.98. The molecule has 1 aromatic rings. The first-order chi connectivity index (χ1) is 9.56. The summed E-state index contributed by atoms with van der Waals surface area (Å²) in [6, 6.07) is 5.76. The zero-order chi connectivity index (χ0) is 15.0. The molecule has 0 bridgehead atoms. The van der Waals surface area contributed by atoms with Gasteiger partial charge in [0.1, 0.15) is 5.75 Å². The lowest BCUT2D eigenvalue weighted by Crippen LogP contribution is -2.27. The monoisotopic (exact) mass is 277 g/mol. The summed E-state index contributed by atoms with van der Waals surface area (Å²) >= 11 is 0. The van der Waals surface area contributed by atoms with Gasteiger partial charge in [0, 0.05) is 25.1 Å². The Kier molecular flexibility index (Phi) is 7.10. The van der Waals surface area contributed by atoms with E-state index in [4.69, 9.17) is 9.84 Å². The summed E-state index contributed by atoms with van der Waals surface area (Å²) in [7, 11) is 3.59. The molecule has 0 heterocycles. The Bertz CT molecular complexity index is 474. The van der Waals surface area contributed by atoms with E-state index in [1.165, 1.54) is 0 Å². The molecule has 20 heavy (non-hydrogen) atoms. The second-order valence-corrected chi connectivity index (χ2v) is 4.84. The number of benzene rings is 1. The molecule has 1 atom stereocenters. The molecule has 2 N–H and O–H groups in total. The number of aliphatic hydroxyl groups excluding tert-OH is 2. The van der Waals surface area contributed by atoms with Crippen LogP contribution in [-0.2, 0) is 6.54 Å². The van der Waals surface area contributed by atoms with Crippen molar-refractivity contribution in [1.29, 1.82) is 0 Å². The molecule has 1 unspecified atom stereocenters. The first kappa shape index (κ1) is 16.5. The van der Waals surface area contributed by atoms with Gasteiger partial charge in [-0.15, -0.1) is 0 Å². The van der Waals surface area contributed by atoms with Crippen LogP contribution in [0, 0.1) is 11.8 Å². The smallest absolute Gasteiger partial charge is 0.119 e. The van der Waals surface area contributed by atoms with Crippen molar-refractivity contribution in [2.75, 3.05) is 27.3 Å². The van der Waals surface area contributed by atoms with E-state index in [1.807, 2.05) is 30.1 Å². The van der Waals surface area contributed by atoms with Gasteiger partial charge in [-0.05, 0) is 37.7 Å². The summed E-state index contributed by atoms with van der Waals surface area (Å²) in [6.45, 7) is 3.12. The molecule has 1 rings (SSSR count). The van der Waals surface area contributed by atoms with Crippen molar-refractivity contribution >= 4 is 0 Å². The molecule has 0 aliphatic rings. The maximum Gasteiger partial charge on any atom is 0.119 e.